The highest BCUT2D eigenvalue weighted by atomic mass is 35.5. The average Bonchev–Trinajstić information content (AvgIpc) is 3.11. The van der Waals surface area contributed by atoms with Crippen LogP contribution in [0.2, 0.25) is 5.02 Å². The molecule has 28 heavy (non-hydrogen) atoms. The Morgan fingerprint density at radius 1 is 1.18 bits per heavy atom. The Bertz CT molecular complexity index is 955. The first-order valence-electron chi connectivity index (χ1n) is 9.27. The minimum absolute atomic E-state index is 0.0655. The minimum Gasteiger partial charge on any atom is -0.325 e. The first-order chi connectivity index (χ1) is 13.5. The predicted molar refractivity (Wildman–Crippen MR) is 116 cm³/mol. The van der Waals surface area contributed by atoms with Crippen LogP contribution in [-0.2, 0) is 17.8 Å². The fourth-order valence-electron chi connectivity index (χ4n) is 2.78. The fourth-order valence-corrected chi connectivity index (χ4v) is 3.88. The Morgan fingerprint density at radius 2 is 1.93 bits per heavy atom. The van der Waals surface area contributed by atoms with Crippen LogP contribution < -0.4 is 5.32 Å². The summed E-state index contributed by atoms with van der Waals surface area (Å²) in [5, 5.41) is 12.6. The number of benzene rings is 2. The summed E-state index contributed by atoms with van der Waals surface area (Å²) in [4.78, 5) is 12.6. The molecule has 146 valence electrons. The zero-order chi connectivity index (χ0) is 20.1. The van der Waals surface area contributed by atoms with Crippen molar-refractivity contribution in [3.8, 4) is 11.4 Å². The molecule has 2 aromatic carbocycles. The van der Waals surface area contributed by atoms with Crippen LogP contribution in [0.4, 0.5) is 5.69 Å². The van der Waals surface area contributed by atoms with Crippen molar-refractivity contribution in [3.05, 3.63) is 59.1 Å². The molecular formula is C21H23ClN4OS. The molecule has 5 nitrogen and oxygen atoms in total. The lowest BCUT2D eigenvalue weighted by Crippen LogP contribution is -2.23. The third-order valence-corrected chi connectivity index (χ3v) is 5.71. The first-order valence-corrected chi connectivity index (χ1v) is 10.5. The fraction of sp³-hybridized carbons (Fsp3) is 0.286. The summed E-state index contributed by atoms with van der Waals surface area (Å²) in [5.41, 5.74) is 2.94. The molecule has 3 aromatic rings. The molecule has 0 bridgehead atoms. The number of hydrogen-bond donors (Lipinski definition) is 1. The number of halogens is 1. The van der Waals surface area contributed by atoms with E-state index in [1.54, 1.807) is 0 Å². The number of thioether (sulfide) groups is 1. The molecule has 0 radical (unpaired) electrons. The summed E-state index contributed by atoms with van der Waals surface area (Å²) in [6, 6.07) is 15.4. The van der Waals surface area contributed by atoms with Gasteiger partial charge in [0.2, 0.25) is 5.91 Å². The summed E-state index contributed by atoms with van der Waals surface area (Å²) in [5.74, 6) is 0.680. The lowest BCUT2D eigenvalue weighted by atomic mass is 10.1. The summed E-state index contributed by atoms with van der Waals surface area (Å²) < 4.78 is 2.00. The van der Waals surface area contributed by atoms with Gasteiger partial charge in [-0.1, -0.05) is 54.6 Å². The van der Waals surface area contributed by atoms with Crippen LogP contribution >= 0.6 is 23.4 Å². The molecule has 3 rings (SSSR count). The van der Waals surface area contributed by atoms with E-state index >= 15 is 0 Å². The van der Waals surface area contributed by atoms with Crippen LogP contribution in [0, 0.1) is 0 Å². The van der Waals surface area contributed by atoms with Crippen LogP contribution in [0.25, 0.3) is 11.4 Å². The second-order valence-electron chi connectivity index (χ2n) is 6.36. The van der Waals surface area contributed by atoms with Crippen molar-refractivity contribution >= 4 is 35.0 Å². The molecular weight excluding hydrogens is 392 g/mol. The number of nitrogens with zero attached hydrogens (tertiary/aromatic N) is 3. The molecule has 0 fully saturated rings. The third-order valence-electron chi connectivity index (χ3n) is 4.40. The van der Waals surface area contributed by atoms with Gasteiger partial charge in [0, 0.05) is 22.8 Å². The molecule has 1 atom stereocenters. The molecule has 7 heteroatoms. The molecule has 0 aliphatic carbocycles. The van der Waals surface area contributed by atoms with E-state index in [4.69, 9.17) is 11.6 Å². The SMILES string of the molecule is CCc1ccc(NC(=O)[C@@H](C)Sc2nnc(-c3cccc(Cl)c3)n2CC)cc1. The van der Waals surface area contributed by atoms with Gasteiger partial charge in [0.05, 0.1) is 5.25 Å². The Balaban J connectivity index is 1.72. The highest BCUT2D eigenvalue weighted by molar-refractivity contribution is 8.00. The van der Waals surface area contributed by atoms with Crippen molar-refractivity contribution in [2.75, 3.05) is 5.32 Å². The van der Waals surface area contributed by atoms with Crippen LogP contribution in [0.3, 0.4) is 0 Å². The van der Waals surface area contributed by atoms with Gasteiger partial charge in [0.1, 0.15) is 0 Å². The maximum absolute atomic E-state index is 12.6. The zero-order valence-electron chi connectivity index (χ0n) is 16.1. The molecule has 1 heterocycles. The van der Waals surface area contributed by atoms with Gasteiger partial charge in [0.25, 0.3) is 0 Å². The number of amides is 1. The standard InChI is InChI=1S/C21H23ClN4OS/c1-4-15-9-11-18(12-10-15)23-20(27)14(3)28-21-25-24-19(26(21)5-2)16-7-6-8-17(22)13-16/h6-14H,4-5H2,1-3H3,(H,23,27)/t14-/m1/s1. The number of carbonyl (C=O) groups excluding carboxylic acids is 1. The molecule has 0 aliphatic rings. The predicted octanol–water partition coefficient (Wildman–Crippen LogP) is 5.30. The Morgan fingerprint density at radius 3 is 2.57 bits per heavy atom. The number of hydrogen-bond acceptors (Lipinski definition) is 4. The Kier molecular flexibility index (Phi) is 6.75. The number of nitrogens with one attached hydrogen (secondary N) is 1. The Labute approximate surface area is 174 Å². The summed E-state index contributed by atoms with van der Waals surface area (Å²) >= 11 is 7.50. The number of carbonyl (C=O) groups is 1. The minimum atomic E-state index is -0.312. The van der Waals surface area contributed by atoms with Gasteiger partial charge in [-0.25, -0.2) is 0 Å². The van der Waals surface area contributed by atoms with Crippen LogP contribution in [0.15, 0.2) is 53.7 Å². The number of aryl methyl sites for hydroxylation is 1. The molecule has 0 saturated carbocycles. The van der Waals surface area contributed by atoms with E-state index in [9.17, 15) is 4.79 Å². The van der Waals surface area contributed by atoms with Gasteiger partial charge in [0.15, 0.2) is 11.0 Å². The third kappa shape index (κ3) is 4.75. The summed E-state index contributed by atoms with van der Waals surface area (Å²) in [6.07, 6.45) is 0.974. The number of anilines is 1. The summed E-state index contributed by atoms with van der Waals surface area (Å²) in [7, 11) is 0. The van der Waals surface area contributed by atoms with Crippen molar-refractivity contribution in [1.82, 2.24) is 14.8 Å². The van der Waals surface area contributed by atoms with E-state index in [2.05, 4.69) is 22.4 Å². The average molecular weight is 415 g/mol. The van der Waals surface area contributed by atoms with Gasteiger partial charge in [-0.05, 0) is 50.1 Å². The summed E-state index contributed by atoms with van der Waals surface area (Å²) in [6.45, 7) is 6.70. The van der Waals surface area contributed by atoms with E-state index in [0.717, 1.165) is 23.5 Å². The molecule has 0 aliphatic heterocycles. The van der Waals surface area contributed by atoms with Crippen molar-refractivity contribution < 1.29 is 4.79 Å². The Hall–Kier alpha value is -2.31. The lowest BCUT2D eigenvalue weighted by molar-refractivity contribution is -0.115. The van der Waals surface area contributed by atoms with Crippen LogP contribution in [-0.4, -0.2) is 25.9 Å². The van der Waals surface area contributed by atoms with E-state index in [1.807, 2.05) is 66.9 Å². The second kappa shape index (κ2) is 9.26. The van der Waals surface area contributed by atoms with E-state index in [0.29, 0.717) is 16.7 Å². The second-order valence-corrected chi connectivity index (χ2v) is 8.10. The topological polar surface area (TPSA) is 59.8 Å². The smallest absolute Gasteiger partial charge is 0.237 e. The number of aromatic nitrogens is 3. The maximum atomic E-state index is 12.6. The van der Waals surface area contributed by atoms with Gasteiger partial charge in [-0.2, -0.15) is 0 Å². The van der Waals surface area contributed by atoms with E-state index in [1.165, 1.54) is 17.3 Å². The van der Waals surface area contributed by atoms with Crippen molar-refractivity contribution in [1.29, 1.82) is 0 Å². The van der Waals surface area contributed by atoms with Gasteiger partial charge < -0.3 is 9.88 Å². The van der Waals surface area contributed by atoms with E-state index in [-0.39, 0.29) is 11.2 Å². The monoisotopic (exact) mass is 414 g/mol. The highest BCUT2D eigenvalue weighted by Crippen LogP contribution is 2.28. The largest absolute Gasteiger partial charge is 0.325 e. The normalized spacial score (nSPS) is 12.0. The molecule has 1 N–H and O–H groups in total. The maximum Gasteiger partial charge on any atom is 0.237 e. The van der Waals surface area contributed by atoms with E-state index < -0.39 is 0 Å². The zero-order valence-corrected chi connectivity index (χ0v) is 17.7. The molecule has 0 spiro atoms. The van der Waals surface area contributed by atoms with Gasteiger partial charge >= 0.3 is 0 Å². The first kappa shape index (κ1) is 20.4. The molecule has 1 amide bonds. The van der Waals surface area contributed by atoms with Crippen LogP contribution in [0.5, 0.6) is 0 Å². The quantitative estimate of drug-likeness (QED) is 0.533. The number of rotatable bonds is 7. The highest BCUT2D eigenvalue weighted by Gasteiger charge is 2.20. The van der Waals surface area contributed by atoms with Crippen molar-refractivity contribution in [2.45, 2.75) is 44.1 Å². The van der Waals surface area contributed by atoms with Crippen molar-refractivity contribution in [3.63, 3.8) is 0 Å². The molecule has 1 aromatic heterocycles. The van der Waals surface area contributed by atoms with Crippen molar-refractivity contribution in [2.24, 2.45) is 0 Å². The van der Waals surface area contributed by atoms with Gasteiger partial charge in [-0.3, -0.25) is 4.79 Å². The molecule has 0 saturated heterocycles. The lowest BCUT2D eigenvalue weighted by Gasteiger charge is -2.13. The van der Waals surface area contributed by atoms with Crippen LogP contribution in [0.1, 0.15) is 26.3 Å². The van der Waals surface area contributed by atoms with Gasteiger partial charge in [-0.15, -0.1) is 10.2 Å². The molecule has 0 unspecified atom stereocenters.